The van der Waals surface area contributed by atoms with Gasteiger partial charge in [0.1, 0.15) is 10.6 Å². The number of pyridine rings is 1. The van der Waals surface area contributed by atoms with Crippen LogP contribution in [0, 0.1) is 6.92 Å². The molecule has 0 spiro atoms. The number of benzene rings is 1. The Hall–Kier alpha value is -1.67. The monoisotopic (exact) mass is 395 g/mol. The molecule has 1 aliphatic heterocycles. The molecule has 1 fully saturated rings. The van der Waals surface area contributed by atoms with Crippen LogP contribution in [-0.4, -0.2) is 55.9 Å². The summed E-state index contributed by atoms with van der Waals surface area (Å²) in [7, 11) is -2.19. The van der Waals surface area contributed by atoms with E-state index in [0.29, 0.717) is 37.0 Å². The van der Waals surface area contributed by atoms with Gasteiger partial charge in [0.25, 0.3) is 0 Å². The molecule has 0 bridgehead atoms. The van der Waals surface area contributed by atoms with Crippen molar-refractivity contribution < 1.29 is 13.2 Å². The summed E-state index contributed by atoms with van der Waals surface area (Å²) in [6.07, 6.45) is 1.80. The fourth-order valence-corrected chi connectivity index (χ4v) is 4.92. The van der Waals surface area contributed by atoms with E-state index in [1.807, 2.05) is 13.0 Å². The van der Waals surface area contributed by atoms with Gasteiger partial charge in [-0.2, -0.15) is 4.31 Å². The Balaban J connectivity index is 1.70. The van der Waals surface area contributed by atoms with Crippen LogP contribution in [0.5, 0.6) is 5.75 Å². The predicted octanol–water partition coefficient (Wildman–Crippen LogP) is 2.56. The van der Waals surface area contributed by atoms with Crippen molar-refractivity contribution in [3.63, 3.8) is 0 Å². The van der Waals surface area contributed by atoms with Crippen LogP contribution in [0.2, 0.25) is 5.02 Å². The summed E-state index contributed by atoms with van der Waals surface area (Å²) in [5.41, 5.74) is 2.17. The second-order valence-corrected chi connectivity index (χ2v) is 8.62. The Bertz CT molecular complexity index is 881. The average Bonchev–Trinajstić information content (AvgIpc) is 2.62. The molecule has 0 saturated carbocycles. The van der Waals surface area contributed by atoms with Gasteiger partial charge in [-0.25, -0.2) is 8.42 Å². The van der Waals surface area contributed by atoms with Crippen molar-refractivity contribution in [1.29, 1.82) is 0 Å². The molecule has 0 amide bonds. The molecule has 2 aromatic rings. The van der Waals surface area contributed by atoms with E-state index < -0.39 is 10.0 Å². The van der Waals surface area contributed by atoms with E-state index in [-0.39, 0.29) is 4.90 Å². The van der Waals surface area contributed by atoms with Crippen LogP contribution in [-0.2, 0) is 16.6 Å². The molecule has 1 aromatic carbocycles. The molecule has 26 heavy (non-hydrogen) atoms. The molecular formula is C18H22ClN3O3S. The average molecular weight is 396 g/mol. The molecule has 0 unspecified atom stereocenters. The quantitative estimate of drug-likeness (QED) is 0.778. The summed E-state index contributed by atoms with van der Waals surface area (Å²) >= 11 is 5.99. The maximum absolute atomic E-state index is 13.0. The van der Waals surface area contributed by atoms with E-state index in [1.54, 1.807) is 18.3 Å². The van der Waals surface area contributed by atoms with Crippen LogP contribution in [0.1, 0.15) is 11.3 Å². The van der Waals surface area contributed by atoms with Gasteiger partial charge in [-0.3, -0.25) is 9.88 Å². The fraction of sp³-hybridized carbons (Fsp3) is 0.389. The van der Waals surface area contributed by atoms with Crippen LogP contribution in [0.3, 0.4) is 0 Å². The second kappa shape index (κ2) is 7.92. The number of hydrogen-bond donors (Lipinski definition) is 0. The molecule has 1 aromatic heterocycles. The summed E-state index contributed by atoms with van der Waals surface area (Å²) in [5, 5.41) is 0.371. The zero-order valence-corrected chi connectivity index (χ0v) is 16.4. The van der Waals surface area contributed by atoms with Crippen LogP contribution >= 0.6 is 11.6 Å². The molecule has 6 nitrogen and oxygen atoms in total. The normalized spacial score (nSPS) is 16.6. The van der Waals surface area contributed by atoms with Crippen molar-refractivity contribution >= 4 is 21.6 Å². The SMILES string of the molecule is COc1ccc(Cl)cc1S(=O)(=O)N1CCN(Cc2ccnc(C)c2)CC1. The van der Waals surface area contributed by atoms with E-state index in [9.17, 15) is 8.42 Å². The van der Waals surface area contributed by atoms with Crippen LogP contribution < -0.4 is 4.74 Å². The van der Waals surface area contributed by atoms with Gasteiger partial charge in [0.15, 0.2) is 0 Å². The Morgan fingerprint density at radius 2 is 1.88 bits per heavy atom. The first-order valence-electron chi connectivity index (χ1n) is 8.38. The van der Waals surface area contributed by atoms with Crippen LogP contribution in [0.25, 0.3) is 0 Å². The zero-order chi connectivity index (χ0) is 18.7. The molecule has 3 rings (SSSR count). The summed E-state index contributed by atoms with van der Waals surface area (Å²) < 4.78 is 32.7. The Labute approximate surface area is 159 Å². The number of piperazine rings is 1. The first kappa shape index (κ1) is 19.1. The van der Waals surface area contributed by atoms with Gasteiger partial charge in [0.05, 0.1) is 7.11 Å². The fourth-order valence-electron chi connectivity index (χ4n) is 3.08. The Morgan fingerprint density at radius 1 is 1.15 bits per heavy atom. The number of halogens is 1. The van der Waals surface area contributed by atoms with Crippen molar-refractivity contribution in [3.8, 4) is 5.75 Å². The molecule has 2 heterocycles. The van der Waals surface area contributed by atoms with Gasteiger partial charge in [0, 0.05) is 49.6 Å². The summed E-state index contributed by atoms with van der Waals surface area (Å²) in [6.45, 7) is 4.96. The molecule has 1 saturated heterocycles. The minimum absolute atomic E-state index is 0.116. The second-order valence-electron chi connectivity index (χ2n) is 6.28. The Morgan fingerprint density at radius 3 is 2.54 bits per heavy atom. The smallest absolute Gasteiger partial charge is 0.246 e. The highest BCUT2D eigenvalue weighted by molar-refractivity contribution is 7.89. The lowest BCUT2D eigenvalue weighted by Gasteiger charge is -2.34. The zero-order valence-electron chi connectivity index (χ0n) is 14.9. The number of methoxy groups -OCH3 is 1. The summed E-state index contributed by atoms with van der Waals surface area (Å²) in [4.78, 5) is 6.57. The first-order valence-corrected chi connectivity index (χ1v) is 10.2. The predicted molar refractivity (Wildman–Crippen MR) is 101 cm³/mol. The van der Waals surface area contributed by atoms with E-state index in [0.717, 1.165) is 12.2 Å². The summed E-state index contributed by atoms with van der Waals surface area (Å²) in [5.74, 6) is 0.309. The number of aryl methyl sites for hydroxylation is 1. The van der Waals surface area contributed by atoms with E-state index in [2.05, 4.69) is 16.0 Å². The maximum atomic E-state index is 13.0. The van der Waals surface area contributed by atoms with Gasteiger partial charge in [0.2, 0.25) is 10.0 Å². The van der Waals surface area contributed by atoms with Crippen molar-refractivity contribution in [3.05, 3.63) is 52.8 Å². The number of rotatable bonds is 5. The van der Waals surface area contributed by atoms with Gasteiger partial charge >= 0.3 is 0 Å². The summed E-state index contributed by atoms with van der Waals surface area (Å²) in [6, 6.07) is 8.69. The number of ether oxygens (including phenoxy) is 1. The van der Waals surface area contributed by atoms with Crippen LogP contribution in [0.4, 0.5) is 0 Å². The van der Waals surface area contributed by atoms with Crippen molar-refractivity contribution in [1.82, 2.24) is 14.2 Å². The minimum atomic E-state index is -3.64. The first-order chi connectivity index (χ1) is 12.4. The molecule has 0 atom stereocenters. The lowest BCUT2D eigenvalue weighted by atomic mass is 10.2. The number of hydrogen-bond acceptors (Lipinski definition) is 5. The van der Waals surface area contributed by atoms with Crippen molar-refractivity contribution in [2.45, 2.75) is 18.4 Å². The topological polar surface area (TPSA) is 62.7 Å². The molecule has 0 aliphatic carbocycles. The van der Waals surface area contributed by atoms with Gasteiger partial charge < -0.3 is 4.74 Å². The lowest BCUT2D eigenvalue weighted by Crippen LogP contribution is -2.48. The molecular weight excluding hydrogens is 374 g/mol. The van der Waals surface area contributed by atoms with Gasteiger partial charge in [-0.1, -0.05) is 11.6 Å². The van der Waals surface area contributed by atoms with E-state index >= 15 is 0 Å². The van der Waals surface area contributed by atoms with E-state index in [4.69, 9.17) is 16.3 Å². The maximum Gasteiger partial charge on any atom is 0.246 e. The largest absolute Gasteiger partial charge is 0.495 e. The van der Waals surface area contributed by atoms with Crippen molar-refractivity contribution in [2.24, 2.45) is 0 Å². The highest BCUT2D eigenvalue weighted by Gasteiger charge is 2.31. The molecule has 140 valence electrons. The number of nitrogens with zero attached hydrogens (tertiary/aromatic N) is 3. The molecule has 8 heteroatoms. The van der Waals surface area contributed by atoms with E-state index in [1.165, 1.54) is 23.0 Å². The highest BCUT2D eigenvalue weighted by atomic mass is 35.5. The highest BCUT2D eigenvalue weighted by Crippen LogP contribution is 2.30. The number of sulfonamides is 1. The third kappa shape index (κ3) is 4.17. The molecule has 0 N–H and O–H groups in total. The molecule has 1 aliphatic rings. The van der Waals surface area contributed by atoms with Crippen LogP contribution in [0.15, 0.2) is 41.4 Å². The number of aromatic nitrogens is 1. The molecule has 0 radical (unpaired) electrons. The minimum Gasteiger partial charge on any atom is -0.495 e. The third-order valence-corrected chi connectivity index (χ3v) is 6.60. The van der Waals surface area contributed by atoms with Gasteiger partial charge in [-0.15, -0.1) is 0 Å². The van der Waals surface area contributed by atoms with Crippen molar-refractivity contribution in [2.75, 3.05) is 33.3 Å². The standard InChI is InChI=1S/C18H22ClN3O3S/c1-14-11-15(5-6-20-14)13-21-7-9-22(10-8-21)26(23,24)18-12-16(19)3-4-17(18)25-2/h3-6,11-12H,7-10,13H2,1-2H3. The third-order valence-electron chi connectivity index (χ3n) is 4.44. The Kier molecular flexibility index (Phi) is 5.82. The van der Waals surface area contributed by atoms with Gasteiger partial charge in [-0.05, 0) is 42.8 Å². The lowest BCUT2D eigenvalue weighted by molar-refractivity contribution is 0.181.